The second-order valence-corrected chi connectivity index (χ2v) is 11.8. The van der Waals surface area contributed by atoms with Crippen LogP contribution in [0.5, 0.6) is 0 Å². The smallest absolute Gasteiger partial charge is 0.327 e. The van der Waals surface area contributed by atoms with Gasteiger partial charge >= 0.3 is 5.97 Å². The summed E-state index contributed by atoms with van der Waals surface area (Å²) in [6.07, 6.45) is 5.81. The fourth-order valence-electron chi connectivity index (χ4n) is 1.71. The summed E-state index contributed by atoms with van der Waals surface area (Å²) in [7, 11) is -5.15. The van der Waals surface area contributed by atoms with Crippen LogP contribution in [-0.2, 0) is 27.8 Å². The van der Waals surface area contributed by atoms with Crippen molar-refractivity contribution in [1.82, 2.24) is 5.32 Å². The van der Waals surface area contributed by atoms with Crippen LogP contribution in [0, 0.1) is 5.92 Å². The van der Waals surface area contributed by atoms with E-state index in [1.165, 1.54) is 18.8 Å². The molecule has 0 aliphatic carbocycles. The molecule has 2 unspecified atom stereocenters. The van der Waals surface area contributed by atoms with Crippen LogP contribution < -0.4 is 5.32 Å². The molecular weight excluding hydrogens is 404 g/mol. The van der Waals surface area contributed by atoms with E-state index in [-0.39, 0.29) is 12.1 Å². The molecule has 8 nitrogen and oxygen atoms in total. The van der Waals surface area contributed by atoms with E-state index in [2.05, 4.69) is 5.32 Å². The lowest BCUT2D eigenvalue weighted by atomic mass is 10.2. The molecule has 0 rings (SSSR count). The van der Waals surface area contributed by atoms with Crippen LogP contribution in [0.2, 0.25) is 0 Å². The summed E-state index contributed by atoms with van der Waals surface area (Å²) >= 11 is 0. The number of carboxylic acids is 1. The molecule has 164 valence electrons. The van der Waals surface area contributed by atoms with Gasteiger partial charge in [0.2, 0.25) is 20.6 Å². The van der Waals surface area contributed by atoms with Gasteiger partial charge in [0.15, 0.2) is 0 Å². The predicted octanol–water partition coefficient (Wildman–Crippen LogP) is 3.83. The van der Waals surface area contributed by atoms with Gasteiger partial charge < -0.3 is 19.5 Å². The molecule has 0 heterocycles. The molecule has 0 aromatic heterocycles. The van der Waals surface area contributed by atoms with Crippen molar-refractivity contribution >= 4 is 26.6 Å². The summed E-state index contributed by atoms with van der Waals surface area (Å²) in [5.41, 5.74) is 0. The van der Waals surface area contributed by atoms with Crippen LogP contribution in [0.4, 0.5) is 0 Å². The number of rotatable bonds is 12. The van der Waals surface area contributed by atoms with Gasteiger partial charge in [0.1, 0.15) is 0 Å². The van der Waals surface area contributed by atoms with Crippen molar-refractivity contribution < 1.29 is 32.9 Å². The maximum absolute atomic E-state index is 11.7. The van der Waals surface area contributed by atoms with Crippen molar-refractivity contribution in [1.29, 1.82) is 0 Å². The molecule has 28 heavy (non-hydrogen) atoms. The third kappa shape index (κ3) is 21.1. The highest BCUT2D eigenvalue weighted by atomic mass is 31.2. The van der Waals surface area contributed by atoms with Gasteiger partial charge in [-0.25, -0.2) is 4.79 Å². The first-order valence-electron chi connectivity index (χ1n) is 9.11. The standard InChI is InChI=1S/C11H22NO3P.C7H13O4P/c1-5-15-16(4,14)8-6-7-11(13)12-9-10(2)3;1-3-11-12(2,10)6-4-5-7(8)9/h6-7,10H,5,8-9H2,1-4H3,(H,12,13);4-5H,3,6H2,1-2H3,(H,8,9)/b7-6+;5-4+. The van der Waals surface area contributed by atoms with E-state index in [0.29, 0.717) is 31.8 Å². The van der Waals surface area contributed by atoms with Crippen molar-refractivity contribution in [3.05, 3.63) is 24.3 Å². The molecule has 0 aliphatic heterocycles. The van der Waals surface area contributed by atoms with Gasteiger partial charge in [0, 0.05) is 38.3 Å². The molecule has 0 aromatic rings. The summed E-state index contributed by atoms with van der Waals surface area (Å²) in [4.78, 5) is 21.3. The Balaban J connectivity index is 0. The summed E-state index contributed by atoms with van der Waals surface area (Å²) < 4.78 is 33.0. The number of nitrogens with one attached hydrogen (secondary N) is 1. The molecule has 2 atom stereocenters. The van der Waals surface area contributed by atoms with Crippen LogP contribution in [0.3, 0.4) is 0 Å². The molecule has 1 amide bonds. The Labute approximate surface area is 168 Å². The Kier molecular flexibility index (Phi) is 16.3. The van der Waals surface area contributed by atoms with E-state index in [4.69, 9.17) is 14.2 Å². The summed E-state index contributed by atoms with van der Waals surface area (Å²) in [6.45, 7) is 12.1. The molecule has 0 saturated carbocycles. The highest BCUT2D eigenvalue weighted by Crippen LogP contribution is 2.42. The zero-order chi connectivity index (χ0) is 22.2. The lowest BCUT2D eigenvalue weighted by Crippen LogP contribution is -2.25. The van der Waals surface area contributed by atoms with Crippen molar-refractivity contribution in [2.45, 2.75) is 27.7 Å². The number of allylic oxidation sites excluding steroid dienone is 2. The first-order valence-corrected chi connectivity index (χ1v) is 13.6. The first-order chi connectivity index (χ1) is 12.8. The molecule has 0 aromatic carbocycles. The number of carbonyl (C=O) groups excluding carboxylic acids is 1. The van der Waals surface area contributed by atoms with Gasteiger partial charge in [-0.3, -0.25) is 13.9 Å². The molecule has 0 spiro atoms. The van der Waals surface area contributed by atoms with Crippen LogP contribution in [0.15, 0.2) is 24.3 Å². The molecule has 2 N–H and O–H groups in total. The maximum Gasteiger partial charge on any atom is 0.327 e. The van der Waals surface area contributed by atoms with E-state index in [0.717, 1.165) is 6.08 Å². The third-order valence-corrected chi connectivity index (χ3v) is 6.25. The van der Waals surface area contributed by atoms with E-state index in [1.54, 1.807) is 26.6 Å². The number of aliphatic carboxylic acids is 1. The largest absolute Gasteiger partial charge is 0.478 e. The quantitative estimate of drug-likeness (QED) is 0.350. The Morgan fingerprint density at radius 3 is 1.75 bits per heavy atom. The zero-order valence-electron chi connectivity index (χ0n) is 17.7. The molecule has 0 aliphatic rings. The Bertz CT molecular complexity index is 615. The van der Waals surface area contributed by atoms with E-state index < -0.39 is 20.7 Å². The maximum atomic E-state index is 11.7. The van der Waals surface area contributed by atoms with Gasteiger partial charge in [0.05, 0.1) is 13.2 Å². The lowest BCUT2D eigenvalue weighted by Gasteiger charge is -2.09. The minimum absolute atomic E-state index is 0.148. The molecule has 0 saturated heterocycles. The summed E-state index contributed by atoms with van der Waals surface area (Å²) in [5.74, 6) is -0.755. The monoisotopic (exact) mass is 439 g/mol. The fourth-order valence-corrected chi connectivity index (χ4v) is 3.99. The van der Waals surface area contributed by atoms with Crippen LogP contribution in [-0.4, -0.2) is 62.4 Å². The number of amides is 1. The third-order valence-electron chi connectivity index (χ3n) is 2.89. The van der Waals surface area contributed by atoms with Crippen LogP contribution in [0.1, 0.15) is 27.7 Å². The van der Waals surface area contributed by atoms with Crippen molar-refractivity contribution in [3.8, 4) is 0 Å². The van der Waals surface area contributed by atoms with E-state index >= 15 is 0 Å². The van der Waals surface area contributed by atoms with Gasteiger partial charge in [-0.1, -0.05) is 26.0 Å². The second kappa shape index (κ2) is 15.7. The average molecular weight is 439 g/mol. The van der Waals surface area contributed by atoms with Gasteiger partial charge in [-0.15, -0.1) is 0 Å². The van der Waals surface area contributed by atoms with Crippen LogP contribution >= 0.6 is 14.7 Å². The number of carbonyl (C=O) groups is 2. The normalized spacial score (nSPS) is 15.7. The van der Waals surface area contributed by atoms with E-state index in [9.17, 15) is 18.7 Å². The Morgan fingerprint density at radius 2 is 1.39 bits per heavy atom. The van der Waals surface area contributed by atoms with Gasteiger partial charge in [-0.2, -0.15) is 0 Å². The van der Waals surface area contributed by atoms with Crippen molar-refractivity contribution in [2.75, 3.05) is 45.4 Å². The topological polar surface area (TPSA) is 119 Å². The summed E-state index contributed by atoms with van der Waals surface area (Å²) in [5, 5.41) is 11.0. The predicted molar refractivity (Wildman–Crippen MR) is 114 cm³/mol. The van der Waals surface area contributed by atoms with Gasteiger partial charge in [0.25, 0.3) is 0 Å². The molecule has 10 heteroatoms. The minimum atomic E-state index is -2.60. The Hall–Kier alpha value is -1.20. The summed E-state index contributed by atoms with van der Waals surface area (Å²) in [6, 6.07) is 0. The Morgan fingerprint density at radius 1 is 0.964 bits per heavy atom. The molecular formula is C18H35NO7P2. The number of hydrogen-bond donors (Lipinski definition) is 2. The highest BCUT2D eigenvalue weighted by molar-refractivity contribution is 7.58. The van der Waals surface area contributed by atoms with Crippen LogP contribution in [0.25, 0.3) is 0 Å². The minimum Gasteiger partial charge on any atom is -0.478 e. The lowest BCUT2D eigenvalue weighted by molar-refractivity contribution is -0.131. The average Bonchev–Trinajstić information content (AvgIpc) is 2.52. The molecule has 0 bridgehead atoms. The number of hydrogen-bond acceptors (Lipinski definition) is 6. The highest BCUT2D eigenvalue weighted by Gasteiger charge is 2.12. The van der Waals surface area contributed by atoms with Crippen molar-refractivity contribution in [2.24, 2.45) is 5.92 Å². The fraction of sp³-hybridized carbons (Fsp3) is 0.667. The van der Waals surface area contributed by atoms with Crippen molar-refractivity contribution in [3.63, 3.8) is 0 Å². The number of carboxylic acid groups (broad SMARTS) is 1. The molecule has 0 radical (unpaired) electrons. The first kappa shape index (κ1) is 29.0. The van der Waals surface area contributed by atoms with Gasteiger partial charge in [-0.05, 0) is 25.8 Å². The zero-order valence-corrected chi connectivity index (χ0v) is 19.5. The SMILES string of the molecule is CCOP(C)(=O)C/C=C/C(=O)NCC(C)C.CCOP(C)(=O)C/C=C/C(=O)O. The molecule has 0 fully saturated rings. The van der Waals surface area contributed by atoms with E-state index in [1.807, 2.05) is 13.8 Å². The second-order valence-electron chi connectivity index (χ2n) is 6.51.